The van der Waals surface area contributed by atoms with Gasteiger partial charge in [0.15, 0.2) is 0 Å². The predicted molar refractivity (Wildman–Crippen MR) is 90.1 cm³/mol. The molecule has 7 heteroatoms. The van der Waals surface area contributed by atoms with Gasteiger partial charge in [0.2, 0.25) is 0 Å². The van der Waals surface area contributed by atoms with Gasteiger partial charge in [-0.3, -0.25) is 0 Å². The molecule has 0 aromatic heterocycles. The highest BCUT2D eigenvalue weighted by Gasteiger charge is 2.30. The van der Waals surface area contributed by atoms with Crippen LogP contribution in [0.15, 0.2) is 24.3 Å². The van der Waals surface area contributed by atoms with Gasteiger partial charge in [-0.05, 0) is 43.2 Å². The molecule has 1 aromatic rings. The monoisotopic (exact) mass is 345 g/mol. The summed E-state index contributed by atoms with van der Waals surface area (Å²) in [5.41, 5.74) is 8.24. The SMILES string of the molecule is Cl.NC1CCC(NS(=O)(=O)N2CCc3ccccc3C2)CC1. The number of benzene rings is 1. The van der Waals surface area contributed by atoms with Gasteiger partial charge in [0.25, 0.3) is 10.2 Å². The molecule has 1 heterocycles. The van der Waals surface area contributed by atoms with Crippen LogP contribution in [-0.4, -0.2) is 31.4 Å². The lowest BCUT2D eigenvalue weighted by molar-refractivity contribution is 0.345. The maximum absolute atomic E-state index is 12.5. The summed E-state index contributed by atoms with van der Waals surface area (Å²) in [6.07, 6.45) is 4.26. The Bertz CT molecular complexity index is 601. The molecule has 3 rings (SSSR count). The number of hydrogen-bond acceptors (Lipinski definition) is 3. The number of nitrogens with zero attached hydrogens (tertiary/aromatic N) is 1. The van der Waals surface area contributed by atoms with Crippen LogP contribution >= 0.6 is 12.4 Å². The summed E-state index contributed by atoms with van der Waals surface area (Å²) in [4.78, 5) is 0. The van der Waals surface area contributed by atoms with Crippen molar-refractivity contribution < 1.29 is 8.42 Å². The molecule has 0 atom stereocenters. The third-order valence-corrected chi connectivity index (χ3v) is 6.15. The third-order valence-electron chi connectivity index (χ3n) is 4.52. The minimum atomic E-state index is -3.40. The van der Waals surface area contributed by atoms with E-state index in [2.05, 4.69) is 10.8 Å². The van der Waals surface area contributed by atoms with Crippen LogP contribution in [0.2, 0.25) is 0 Å². The highest BCUT2D eigenvalue weighted by atomic mass is 35.5. The van der Waals surface area contributed by atoms with Gasteiger partial charge in [-0.2, -0.15) is 17.4 Å². The quantitative estimate of drug-likeness (QED) is 0.873. The van der Waals surface area contributed by atoms with E-state index in [1.807, 2.05) is 18.2 Å². The van der Waals surface area contributed by atoms with Crippen LogP contribution in [0.4, 0.5) is 0 Å². The Kier molecular flexibility index (Phi) is 5.85. The Morgan fingerprint density at radius 2 is 1.73 bits per heavy atom. The first-order valence-electron chi connectivity index (χ1n) is 7.64. The van der Waals surface area contributed by atoms with Crippen LogP contribution in [0, 0.1) is 0 Å². The number of rotatable bonds is 3. The standard InChI is InChI=1S/C15H23N3O2S.ClH/c16-14-5-7-15(8-6-14)17-21(19,20)18-10-9-12-3-1-2-4-13(12)11-18;/h1-4,14-15,17H,5-11,16H2;1H. The topological polar surface area (TPSA) is 75.4 Å². The van der Waals surface area contributed by atoms with Gasteiger partial charge >= 0.3 is 0 Å². The van der Waals surface area contributed by atoms with Gasteiger partial charge in [0.1, 0.15) is 0 Å². The summed E-state index contributed by atoms with van der Waals surface area (Å²) in [7, 11) is -3.40. The number of fused-ring (bicyclic) bond motifs is 1. The average Bonchev–Trinajstić information content (AvgIpc) is 2.49. The fourth-order valence-electron chi connectivity index (χ4n) is 3.20. The molecule has 2 aliphatic rings. The van der Waals surface area contributed by atoms with E-state index >= 15 is 0 Å². The fourth-order valence-corrected chi connectivity index (χ4v) is 4.64. The second-order valence-corrected chi connectivity index (χ2v) is 7.79. The zero-order chi connectivity index (χ0) is 14.9. The molecule has 3 N–H and O–H groups in total. The Labute approximate surface area is 138 Å². The van der Waals surface area contributed by atoms with E-state index in [0.717, 1.165) is 37.7 Å². The van der Waals surface area contributed by atoms with E-state index in [9.17, 15) is 8.42 Å². The van der Waals surface area contributed by atoms with E-state index < -0.39 is 10.2 Å². The molecule has 124 valence electrons. The van der Waals surface area contributed by atoms with Crippen molar-refractivity contribution in [2.75, 3.05) is 6.54 Å². The smallest absolute Gasteiger partial charge is 0.280 e. The van der Waals surface area contributed by atoms with Crippen molar-refractivity contribution >= 4 is 22.6 Å². The Morgan fingerprint density at radius 1 is 1.09 bits per heavy atom. The molecule has 22 heavy (non-hydrogen) atoms. The van der Waals surface area contributed by atoms with Crippen molar-refractivity contribution in [2.24, 2.45) is 5.73 Å². The maximum atomic E-state index is 12.5. The van der Waals surface area contributed by atoms with Crippen molar-refractivity contribution in [3.05, 3.63) is 35.4 Å². The molecule has 0 saturated heterocycles. The summed E-state index contributed by atoms with van der Waals surface area (Å²) < 4.78 is 29.5. The lowest BCUT2D eigenvalue weighted by atomic mass is 9.93. The van der Waals surface area contributed by atoms with Crippen molar-refractivity contribution in [1.82, 2.24) is 9.03 Å². The van der Waals surface area contributed by atoms with Crippen LogP contribution in [0.25, 0.3) is 0 Å². The third kappa shape index (κ3) is 4.00. The van der Waals surface area contributed by atoms with Gasteiger partial charge in [0.05, 0.1) is 0 Å². The predicted octanol–water partition coefficient (Wildman–Crippen LogP) is 1.57. The second-order valence-electron chi connectivity index (χ2n) is 6.09. The van der Waals surface area contributed by atoms with Crippen LogP contribution in [-0.2, 0) is 23.2 Å². The van der Waals surface area contributed by atoms with Gasteiger partial charge < -0.3 is 5.73 Å². The van der Waals surface area contributed by atoms with E-state index in [4.69, 9.17) is 5.73 Å². The minimum Gasteiger partial charge on any atom is -0.328 e. The zero-order valence-corrected chi connectivity index (χ0v) is 14.2. The fraction of sp³-hybridized carbons (Fsp3) is 0.600. The average molecular weight is 346 g/mol. The molecule has 0 amide bonds. The molecule has 1 aliphatic carbocycles. The van der Waals surface area contributed by atoms with Crippen LogP contribution in [0.5, 0.6) is 0 Å². The van der Waals surface area contributed by atoms with Crippen LogP contribution in [0.1, 0.15) is 36.8 Å². The van der Waals surface area contributed by atoms with E-state index in [1.54, 1.807) is 4.31 Å². The van der Waals surface area contributed by atoms with Crippen molar-refractivity contribution in [1.29, 1.82) is 0 Å². The Hall–Kier alpha value is -0.660. The first-order valence-corrected chi connectivity index (χ1v) is 9.08. The lowest BCUT2D eigenvalue weighted by Gasteiger charge is -2.32. The minimum absolute atomic E-state index is 0. The molecule has 0 bridgehead atoms. The Balaban J connectivity index is 0.00000176. The first-order chi connectivity index (χ1) is 10.0. The first kappa shape index (κ1) is 17.7. The number of halogens is 1. The number of hydrogen-bond donors (Lipinski definition) is 2. The van der Waals surface area contributed by atoms with E-state index in [-0.39, 0.29) is 24.5 Å². The van der Waals surface area contributed by atoms with Gasteiger partial charge in [-0.15, -0.1) is 12.4 Å². The second kappa shape index (κ2) is 7.27. The highest BCUT2D eigenvalue weighted by Crippen LogP contribution is 2.22. The molecule has 0 radical (unpaired) electrons. The molecule has 0 unspecified atom stereocenters. The Morgan fingerprint density at radius 3 is 2.41 bits per heavy atom. The van der Waals surface area contributed by atoms with Crippen molar-refractivity contribution in [2.45, 2.75) is 50.7 Å². The number of nitrogens with two attached hydrogens (primary N) is 1. The van der Waals surface area contributed by atoms with Gasteiger partial charge in [-0.1, -0.05) is 24.3 Å². The van der Waals surface area contributed by atoms with Crippen molar-refractivity contribution in [3.63, 3.8) is 0 Å². The zero-order valence-electron chi connectivity index (χ0n) is 12.6. The number of nitrogens with one attached hydrogen (secondary N) is 1. The normalized spacial score (nSPS) is 26.0. The molecule has 5 nitrogen and oxygen atoms in total. The highest BCUT2D eigenvalue weighted by molar-refractivity contribution is 7.87. The molecule has 1 aromatic carbocycles. The van der Waals surface area contributed by atoms with Crippen LogP contribution < -0.4 is 10.5 Å². The summed E-state index contributed by atoms with van der Waals surface area (Å²) in [6, 6.07) is 8.32. The molecular formula is C15H24ClN3O2S. The van der Waals surface area contributed by atoms with Crippen LogP contribution in [0.3, 0.4) is 0 Å². The van der Waals surface area contributed by atoms with E-state index in [1.165, 1.54) is 5.56 Å². The summed E-state index contributed by atoms with van der Waals surface area (Å²) in [6.45, 7) is 1.02. The maximum Gasteiger partial charge on any atom is 0.280 e. The van der Waals surface area contributed by atoms with E-state index in [0.29, 0.717) is 13.1 Å². The largest absolute Gasteiger partial charge is 0.328 e. The molecule has 1 saturated carbocycles. The molecule has 0 spiro atoms. The van der Waals surface area contributed by atoms with Gasteiger partial charge in [-0.25, -0.2) is 0 Å². The molecular weight excluding hydrogens is 322 g/mol. The van der Waals surface area contributed by atoms with Gasteiger partial charge in [0, 0.05) is 25.2 Å². The summed E-state index contributed by atoms with van der Waals surface area (Å²) >= 11 is 0. The molecule has 1 fully saturated rings. The van der Waals surface area contributed by atoms with Crippen molar-refractivity contribution in [3.8, 4) is 0 Å². The summed E-state index contributed by atoms with van der Waals surface area (Å²) in [5.74, 6) is 0. The lowest BCUT2D eigenvalue weighted by Crippen LogP contribution is -2.48. The molecule has 1 aliphatic heterocycles. The summed E-state index contributed by atoms with van der Waals surface area (Å²) in [5, 5.41) is 0.